The molecule has 2 aromatic rings. The van der Waals surface area contributed by atoms with E-state index in [-0.39, 0.29) is 0 Å². The molecule has 2 rings (SSSR count). The first-order chi connectivity index (χ1) is 9.47. The Hall–Kier alpha value is -0.910. The van der Waals surface area contributed by atoms with Crippen molar-refractivity contribution in [2.75, 3.05) is 11.9 Å². The first kappa shape index (κ1) is 15.5. The molecule has 0 heterocycles. The Labute approximate surface area is 141 Å². The number of anilines is 1. The smallest absolute Gasteiger partial charge is 0.105 e. The summed E-state index contributed by atoms with van der Waals surface area (Å²) < 4.78 is 2.01. The van der Waals surface area contributed by atoms with Crippen LogP contribution in [0.25, 0.3) is 0 Å². The number of halogens is 2. The average molecular weight is 414 g/mol. The fourth-order valence-corrected chi connectivity index (χ4v) is 3.05. The van der Waals surface area contributed by atoms with Crippen LogP contribution >= 0.6 is 44.1 Å². The molecule has 0 spiro atoms. The number of hydrogen-bond acceptors (Lipinski definition) is 2. The van der Waals surface area contributed by atoms with Crippen molar-refractivity contribution in [2.24, 2.45) is 5.73 Å². The van der Waals surface area contributed by atoms with Gasteiger partial charge in [-0.25, -0.2) is 0 Å². The van der Waals surface area contributed by atoms with Gasteiger partial charge in [0.25, 0.3) is 0 Å². The van der Waals surface area contributed by atoms with Crippen molar-refractivity contribution in [2.45, 2.75) is 6.54 Å². The molecule has 0 atom stereocenters. The third kappa shape index (κ3) is 3.81. The second-order valence-corrected chi connectivity index (χ2v) is 6.72. The zero-order chi connectivity index (χ0) is 14.7. The van der Waals surface area contributed by atoms with Gasteiger partial charge < -0.3 is 10.6 Å². The molecule has 2 N–H and O–H groups in total. The highest BCUT2D eigenvalue weighted by molar-refractivity contribution is 9.10. The molecule has 20 heavy (non-hydrogen) atoms. The molecule has 0 aromatic heterocycles. The van der Waals surface area contributed by atoms with Crippen molar-refractivity contribution in [3.8, 4) is 0 Å². The first-order valence-corrected chi connectivity index (χ1v) is 8.02. The Morgan fingerprint density at radius 1 is 1.15 bits per heavy atom. The quantitative estimate of drug-likeness (QED) is 0.749. The molecule has 0 saturated carbocycles. The maximum atomic E-state index is 5.66. The molecule has 0 unspecified atom stereocenters. The minimum absolute atomic E-state index is 0.402. The van der Waals surface area contributed by atoms with E-state index >= 15 is 0 Å². The zero-order valence-electron chi connectivity index (χ0n) is 10.9. The maximum absolute atomic E-state index is 5.66. The number of benzene rings is 2. The lowest BCUT2D eigenvalue weighted by atomic mass is 10.1. The highest BCUT2D eigenvalue weighted by Crippen LogP contribution is 2.24. The van der Waals surface area contributed by atoms with Gasteiger partial charge in [0.05, 0.1) is 0 Å². The molecule has 0 amide bonds. The van der Waals surface area contributed by atoms with Gasteiger partial charge in [0.2, 0.25) is 0 Å². The monoisotopic (exact) mass is 412 g/mol. The summed E-state index contributed by atoms with van der Waals surface area (Å²) in [5.41, 5.74) is 8.89. The second-order valence-electron chi connectivity index (χ2n) is 4.51. The minimum atomic E-state index is 0.402. The van der Waals surface area contributed by atoms with Gasteiger partial charge in [0.1, 0.15) is 4.99 Å². The van der Waals surface area contributed by atoms with Crippen LogP contribution in [-0.4, -0.2) is 12.0 Å². The molecule has 5 heteroatoms. The van der Waals surface area contributed by atoms with Crippen LogP contribution in [0.5, 0.6) is 0 Å². The topological polar surface area (TPSA) is 29.3 Å². The molecule has 0 aliphatic carbocycles. The zero-order valence-corrected chi connectivity index (χ0v) is 14.9. The largest absolute Gasteiger partial charge is 0.389 e. The SMILES string of the molecule is CN(Cc1ccc(Br)cc1)c1ccc(C(N)=S)c(Br)c1. The van der Waals surface area contributed by atoms with Gasteiger partial charge in [-0.15, -0.1) is 0 Å². The van der Waals surface area contributed by atoms with Crippen LogP contribution in [0.2, 0.25) is 0 Å². The average Bonchev–Trinajstić information content (AvgIpc) is 2.40. The van der Waals surface area contributed by atoms with E-state index < -0.39 is 0 Å². The van der Waals surface area contributed by atoms with E-state index in [9.17, 15) is 0 Å². The summed E-state index contributed by atoms with van der Waals surface area (Å²) in [6, 6.07) is 14.3. The van der Waals surface area contributed by atoms with Crippen molar-refractivity contribution in [1.29, 1.82) is 0 Å². The van der Waals surface area contributed by atoms with Crippen molar-refractivity contribution < 1.29 is 0 Å². The molecular weight excluding hydrogens is 400 g/mol. The summed E-state index contributed by atoms with van der Waals surface area (Å²) >= 11 is 12.0. The summed E-state index contributed by atoms with van der Waals surface area (Å²) in [6.07, 6.45) is 0. The van der Waals surface area contributed by atoms with E-state index in [2.05, 4.69) is 68.1 Å². The second kappa shape index (κ2) is 6.70. The number of nitrogens with zero attached hydrogens (tertiary/aromatic N) is 1. The summed E-state index contributed by atoms with van der Waals surface area (Å²) in [7, 11) is 2.06. The van der Waals surface area contributed by atoms with Gasteiger partial charge in [-0.2, -0.15) is 0 Å². The fourth-order valence-electron chi connectivity index (χ4n) is 1.90. The van der Waals surface area contributed by atoms with Crippen LogP contribution in [0.3, 0.4) is 0 Å². The Morgan fingerprint density at radius 3 is 2.35 bits per heavy atom. The van der Waals surface area contributed by atoms with E-state index in [1.807, 2.05) is 18.2 Å². The van der Waals surface area contributed by atoms with E-state index in [0.29, 0.717) is 4.99 Å². The molecule has 0 radical (unpaired) electrons. The van der Waals surface area contributed by atoms with Crippen molar-refractivity contribution in [3.63, 3.8) is 0 Å². The molecular formula is C15H14Br2N2S. The summed E-state index contributed by atoms with van der Waals surface area (Å²) in [5.74, 6) is 0. The van der Waals surface area contributed by atoms with Crippen LogP contribution in [0, 0.1) is 0 Å². The van der Waals surface area contributed by atoms with Crippen LogP contribution in [0.4, 0.5) is 5.69 Å². The predicted molar refractivity (Wildman–Crippen MR) is 96.3 cm³/mol. The Morgan fingerprint density at radius 2 is 1.80 bits per heavy atom. The molecule has 0 aliphatic heterocycles. The van der Waals surface area contributed by atoms with Gasteiger partial charge in [-0.3, -0.25) is 0 Å². The lowest BCUT2D eigenvalue weighted by molar-refractivity contribution is 0.922. The number of nitrogens with two attached hydrogens (primary N) is 1. The first-order valence-electron chi connectivity index (χ1n) is 6.02. The summed E-state index contributed by atoms with van der Waals surface area (Å²) in [4.78, 5) is 2.58. The van der Waals surface area contributed by atoms with Crippen LogP contribution < -0.4 is 10.6 Å². The normalized spacial score (nSPS) is 10.3. The highest BCUT2D eigenvalue weighted by Gasteiger charge is 2.07. The third-order valence-electron chi connectivity index (χ3n) is 2.99. The predicted octanol–water partition coefficient (Wildman–Crippen LogP) is 4.48. The van der Waals surface area contributed by atoms with E-state index in [4.69, 9.17) is 18.0 Å². The minimum Gasteiger partial charge on any atom is -0.389 e. The third-order valence-corrected chi connectivity index (χ3v) is 4.40. The number of thiocarbonyl (C=S) groups is 1. The van der Waals surface area contributed by atoms with Crippen LogP contribution in [0.15, 0.2) is 51.4 Å². The van der Waals surface area contributed by atoms with E-state index in [1.165, 1.54) is 5.56 Å². The van der Waals surface area contributed by atoms with Gasteiger partial charge in [-0.1, -0.05) is 40.3 Å². The number of hydrogen-bond donors (Lipinski definition) is 1. The van der Waals surface area contributed by atoms with Crippen molar-refractivity contribution >= 4 is 54.8 Å². The van der Waals surface area contributed by atoms with Crippen LogP contribution in [0.1, 0.15) is 11.1 Å². The van der Waals surface area contributed by atoms with Crippen LogP contribution in [-0.2, 0) is 6.54 Å². The number of rotatable bonds is 4. The lowest BCUT2D eigenvalue weighted by Crippen LogP contribution is -2.17. The molecule has 104 valence electrons. The Balaban J connectivity index is 2.17. The van der Waals surface area contributed by atoms with Gasteiger partial charge >= 0.3 is 0 Å². The molecule has 0 fully saturated rings. The van der Waals surface area contributed by atoms with Gasteiger partial charge in [0.15, 0.2) is 0 Å². The summed E-state index contributed by atoms with van der Waals surface area (Å²) in [5, 5.41) is 0. The fraction of sp³-hybridized carbons (Fsp3) is 0.133. The Bertz CT molecular complexity index is 626. The molecule has 2 nitrogen and oxygen atoms in total. The molecule has 0 bridgehead atoms. The van der Waals surface area contributed by atoms with Gasteiger partial charge in [-0.05, 0) is 51.8 Å². The maximum Gasteiger partial charge on any atom is 0.105 e. The van der Waals surface area contributed by atoms with Gasteiger partial charge in [0, 0.05) is 33.8 Å². The molecule has 0 aliphatic rings. The summed E-state index contributed by atoms with van der Waals surface area (Å²) in [6.45, 7) is 0.839. The van der Waals surface area contributed by atoms with E-state index in [1.54, 1.807) is 0 Å². The Kier molecular flexibility index (Phi) is 5.18. The van der Waals surface area contributed by atoms with Crippen molar-refractivity contribution in [3.05, 3.63) is 62.5 Å². The lowest BCUT2D eigenvalue weighted by Gasteiger charge is -2.20. The van der Waals surface area contributed by atoms with Crippen molar-refractivity contribution in [1.82, 2.24) is 0 Å². The molecule has 2 aromatic carbocycles. The van der Waals surface area contributed by atoms with E-state index in [0.717, 1.165) is 26.7 Å². The molecule has 0 saturated heterocycles. The highest BCUT2D eigenvalue weighted by atomic mass is 79.9. The standard InChI is InChI=1S/C15H14Br2N2S/c1-19(9-10-2-4-11(16)5-3-10)12-6-7-13(15(18)20)14(17)8-12/h2-8H,9H2,1H3,(H2,18,20).